The van der Waals surface area contributed by atoms with Crippen LogP contribution in [-0.4, -0.2) is 35.4 Å². The summed E-state index contributed by atoms with van der Waals surface area (Å²) in [5.74, 6) is -1.38. The van der Waals surface area contributed by atoms with Crippen LogP contribution in [0.2, 0.25) is 0 Å². The van der Waals surface area contributed by atoms with Gasteiger partial charge in [0.05, 0.1) is 6.10 Å². The summed E-state index contributed by atoms with van der Waals surface area (Å²) in [6.07, 6.45) is 4.15. The molecule has 5 nitrogen and oxygen atoms in total. The van der Waals surface area contributed by atoms with Crippen LogP contribution in [-0.2, 0) is 19.1 Å². The molecule has 0 aliphatic heterocycles. The molecule has 0 aromatic heterocycles. The van der Waals surface area contributed by atoms with E-state index in [2.05, 4.69) is 0 Å². The van der Waals surface area contributed by atoms with E-state index in [1.807, 2.05) is 20.8 Å². The number of aliphatic hydroxyl groups excluding tert-OH is 1. The van der Waals surface area contributed by atoms with Crippen molar-refractivity contribution >= 4 is 17.5 Å². The molecule has 0 heterocycles. The van der Waals surface area contributed by atoms with Crippen LogP contribution in [0.15, 0.2) is 23.6 Å². The van der Waals surface area contributed by atoms with Gasteiger partial charge in [0.25, 0.3) is 0 Å². The number of hydrogen-bond donors (Lipinski definition) is 1. The van der Waals surface area contributed by atoms with Crippen LogP contribution in [0.1, 0.15) is 53.4 Å². The number of aliphatic hydroxyl groups is 1. The van der Waals surface area contributed by atoms with Crippen LogP contribution in [0, 0.1) is 40.4 Å². The van der Waals surface area contributed by atoms with Crippen molar-refractivity contribution in [1.29, 1.82) is 0 Å². The van der Waals surface area contributed by atoms with Crippen molar-refractivity contribution in [1.82, 2.24) is 0 Å². The number of allylic oxidation sites excluding steroid dienone is 4. The van der Waals surface area contributed by atoms with E-state index in [1.165, 1.54) is 13.0 Å². The molecule has 30 heavy (non-hydrogen) atoms. The third-order valence-electron chi connectivity index (χ3n) is 8.61. The maximum absolute atomic E-state index is 15.3. The van der Waals surface area contributed by atoms with E-state index < -0.39 is 22.9 Å². The molecule has 2 fully saturated rings. The lowest BCUT2D eigenvalue weighted by atomic mass is 9.47. The van der Waals surface area contributed by atoms with Crippen LogP contribution in [0.4, 0.5) is 4.39 Å². The first-order valence-corrected chi connectivity index (χ1v) is 10.9. The van der Waals surface area contributed by atoms with Crippen LogP contribution in [0.3, 0.4) is 0 Å². The van der Waals surface area contributed by atoms with Crippen molar-refractivity contribution in [2.24, 2.45) is 40.4 Å². The van der Waals surface area contributed by atoms with Gasteiger partial charge in [0, 0.05) is 37.0 Å². The van der Waals surface area contributed by atoms with Gasteiger partial charge in [-0.3, -0.25) is 14.4 Å². The molecule has 2 saturated carbocycles. The molecule has 6 heteroatoms. The quantitative estimate of drug-likeness (QED) is 0.709. The highest BCUT2D eigenvalue weighted by Gasteiger charge is 2.64. The second-order valence-corrected chi connectivity index (χ2v) is 10.4. The minimum atomic E-state index is -0.698. The lowest BCUT2D eigenvalue weighted by molar-refractivity contribution is -0.152. The number of fused-ring (bicyclic) bond motifs is 5. The molecule has 164 valence electrons. The Bertz CT molecular complexity index is 860. The summed E-state index contributed by atoms with van der Waals surface area (Å²) in [6, 6.07) is 0. The van der Waals surface area contributed by atoms with Gasteiger partial charge in [-0.15, -0.1) is 0 Å². The maximum Gasteiger partial charge on any atom is 0.303 e. The molecular weight excluding hydrogens is 387 g/mol. The van der Waals surface area contributed by atoms with E-state index in [4.69, 9.17) is 4.74 Å². The number of Topliss-reactive ketones (excluding diaryl/α,β-unsaturated/α-hetero) is 1. The van der Waals surface area contributed by atoms with Crippen molar-refractivity contribution in [3.63, 3.8) is 0 Å². The third-order valence-corrected chi connectivity index (χ3v) is 8.61. The van der Waals surface area contributed by atoms with Gasteiger partial charge in [0.1, 0.15) is 12.4 Å². The number of carbonyl (C=O) groups is 3. The molecule has 4 rings (SSSR count). The summed E-state index contributed by atoms with van der Waals surface area (Å²) >= 11 is 0. The Balaban J connectivity index is 1.70. The fourth-order valence-electron chi connectivity index (χ4n) is 7.62. The van der Waals surface area contributed by atoms with Crippen LogP contribution in [0.5, 0.6) is 0 Å². The molecule has 8 atom stereocenters. The molecule has 0 amide bonds. The fraction of sp³-hybridized carbons (Fsp3) is 0.708. The van der Waals surface area contributed by atoms with Crippen molar-refractivity contribution in [2.45, 2.75) is 59.5 Å². The zero-order chi connectivity index (χ0) is 22.0. The average Bonchev–Trinajstić information content (AvgIpc) is 2.91. The van der Waals surface area contributed by atoms with Gasteiger partial charge in [0.2, 0.25) is 0 Å². The van der Waals surface area contributed by atoms with E-state index in [0.29, 0.717) is 12.0 Å². The molecule has 8 unspecified atom stereocenters. The van der Waals surface area contributed by atoms with Crippen molar-refractivity contribution in [3.05, 3.63) is 23.6 Å². The molecule has 0 aromatic carbocycles. The number of carbonyl (C=O) groups excluding carboxylic acids is 3. The summed E-state index contributed by atoms with van der Waals surface area (Å²) in [5.41, 5.74) is -0.628. The number of rotatable bonds is 3. The van der Waals surface area contributed by atoms with Gasteiger partial charge in [-0.25, -0.2) is 4.39 Å². The van der Waals surface area contributed by atoms with Gasteiger partial charge < -0.3 is 9.84 Å². The number of esters is 1. The smallest absolute Gasteiger partial charge is 0.303 e. The summed E-state index contributed by atoms with van der Waals surface area (Å²) in [6.45, 7) is 7.04. The van der Waals surface area contributed by atoms with Crippen molar-refractivity contribution in [3.8, 4) is 0 Å². The summed E-state index contributed by atoms with van der Waals surface area (Å²) in [5, 5.41) is 11.3. The first-order chi connectivity index (χ1) is 14.0. The van der Waals surface area contributed by atoms with E-state index in [1.54, 1.807) is 6.08 Å². The van der Waals surface area contributed by atoms with Gasteiger partial charge >= 0.3 is 5.97 Å². The number of ketones is 2. The lowest BCUT2D eigenvalue weighted by Gasteiger charge is -2.58. The van der Waals surface area contributed by atoms with Crippen LogP contribution in [0.25, 0.3) is 0 Å². The predicted molar refractivity (Wildman–Crippen MR) is 108 cm³/mol. The summed E-state index contributed by atoms with van der Waals surface area (Å²) in [7, 11) is 0. The Morgan fingerprint density at radius 2 is 2.03 bits per heavy atom. The zero-order valence-electron chi connectivity index (χ0n) is 18.1. The topological polar surface area (TPSA) is 80.7 Å². The van der Waals surface area contributed by atoms with Crippen LogP contribution < -0.4 is 0 Å². The molecule has 0 radical (unpaired) electrons. The highest BCUT2D eigenvalue weighted by Crippen LogP contribution is 2.67. The normalized spacial score (nSPS) is 44.9. The standard InChI is InChI=1S/C24H31FO5/c1-12-7-16-15-9-18(25)17-8-14(27)5-6-23(17,3)22(15)19(28)10-24(16,4)21(12)20(29)11-30-13(2)26/h5-6,12,15-16,19,21-22,28H,7-11H2,1-4H3. The molecule has 0 saturated heterocycles. The highest BCUT2D eigenvalue weighted by atomic mass is 19.1. The summed E-state index contributed by atoms with van der Waals surface area (Å²) < 4.78 is 20.2. The Kier molecular flexibility index (Phi) is 5.08. The number of hydrogen-bond acceptors (Lipinski definition) is 5. The number of halogens is 1. The van der Waals surface area contributed by atoms with Gasteiger partial charge in [-0.2, -0.15) is 0 Å². The van der Waals surface area contributed by atoms with Crippen LogP contribution >= 0.6 is 0 Å². The fourth-order valence-corrected chi connectivity index (χ4v) is 7.62. The molecular formula is C24H31FO5. The average molecular weight is 419 g/mol. The number of ether oxygens (including phenoxy) is 1. The second-order valence-electron chi connectivity index (χ2n) is 10.4. The SMILES string of the molecule is CC(=O)OCC(=O)C1C(C)CC2C3CC(F)=C4CC(=O)C=CC4(C)C3C(O)CC21C. The van der Waals surface area contributed by atoms with E-state index >= 15 is 4.39 Å². The Hall–Kier alpha value is -1.82. The first-order valence-electron chi connectivity index (χ1n) is 10.9. The first kappa shape index (κ1) is 21.4. The summed E-state index contributed by atoms with van der Waals surface area (Å²) in [4.78, 5) is 36.1. The molecule has 0 aromatic rings. The largest absolute Gasteiger partial charge is 0.458 e. The zero-order valence-corrected chi connectivity index (χ0v) is 18.1. The minimum Gasteiger partial charge on any atom is -0.458 e. The molecule has 0 bridgehead atoms. The third kappa shape index (κ3) is 3.02. The van der Waals surface area contributed by atoms with Gasteiger partial charge in [-0.1, -0.05) is 26.8 Å². The van der Waals surface area contributed by atoms with Gasteiger partial charge in [0.15, 0.2) is 11.6 Å². The molecule has 1 N–H and O–H groups in total. The van der Waals surface area contributed by atoms with Crippen molar-refractivity contribution < 1.29 is 28.6 Å². The molecule has 4 aliphatic rings. The second kappa shape index (κ2) is 7.11. The molecule has 4 aliphatic carbocycles. The van der Waals surface area contributed by atoms with E-state index in [9.17, 15) is 19.5 Å². The Morgan fingerprint density at radius 1 is 1.33 bits per heavy atom. The van der Waals surface area contributed by atoms with E-state index in [-0.39, 0.29) is 66.4 Å². The van der Waals surface area contributed by atoms with Gasteiger partial charge in [-0.05, 0) is 47.7 Å². The van der Waals surface area contributed by atoms with E-state index in [0.717, 1.165) is 6.42 Å². The molecule has 0 spiro atoms. The van der Waals surface area contributed by atoms with Crippen molar-refractivity contribution in [2.75, 3.05) is 6.61 Å². The minimum absolute atomic E-state index is 0.0683. The lowest BCUT2D eigenvalue weighted by Crippen LogP contribution is -2.56. The maximum atomic E-state index is 15.3. The highest BCUT2D eigenvalue weighted by molar-refractivity contribution is 5.93. The Morgan fingerprint density at radius 3 is 2.70 bits per heavy atom. The monoisotopic (exact) mass is 418 g/mol. The Labute approximate surface area is 176 Å². The predicted octanol–water partition coefficient (Wildman–Crippen LogP) is 3.56.